The molecule has 1 aromatic rings. The van der Waals surface area contributed by atoms with Crippen LogP contribution in [0.25, 0.3) is 0 Å². The molecule has 0 aromatic carbocycles. The van der Waals surface area contributed by atoms with Gasteiger partial charge in [-0.2, -0.15) is 0 Å². The Bertz CT molecular complexity index is 379. The summed E-state index contributed by atoms with van der Waals surface area (Å²) in [7, 11) is 0. The van der Waals surface area contributed by atoms with Gasteiger partial charge in [-0.25, -0.2) is 4.79 Å². The minimum absolute atomic E-state index is 0.336. The van der Waals surface area contributed by atoms with Crippen LogP contribution < -0.4 is 0 Å². The highest BCUT2D eigenvalue weighted by Crippen LogP contribution is 2.18. The molecule has 1 heterocycles. The van der Waals surface area contributed by atoms with Crippen LogP contribution in [0.1, 0.15) is 46.0 Å². The number of hydrogen-bond acceptors (Lipinski definition) is 3. The van der Waals surface area contributed by atoms with Crippen LogP contribution in [0.4, 0.5) is 0 Å². The number of H-pyrrole nitrogens is 1. The number of carbonyl (C=O) groups is 2. The van der Waals surface area contributed by atoms with Crippen LogP contribution in [-0.4, -0.2) is 23.8 Å². The van der Waals surface area contributed by atoms with Gasteiger partial charge in [-0.15, -0.1) is 0 Å². The topological polar surface area (TPSA) is 59.2 Å². The Kier molecular flexibility index (Phi) is 3.66. The number of nitrogens with one attached hydrogen (secondary N) is 1. The second-order valence-corrected chi connectivity index (χ2v) is 3.21. The van der Waals surface area contributed by atoms with E-state index in [9.17, 15) is 9.59 Å². The van der Waals surface area contributed by atoms with Crippen LogP contribution >= 0.6 is 0 Å². The van der Waals surface area contributed by atoms with Crippen molar-refractivity contribution in [3.8, 4) is 0 Å². The molecule has 1 aromatic heterocycles. The summed E-state index contributed by atoms with van der Waals surface area (Å²) in [6.07, 6.45) is 1.39. The van der Waals surface area contributed by atoms with Gasteiger partial charge in [-0.05, 0) is 25.8 Å². The zero-order valence-corrected chi connectivity index (χ0v) is 9.22. The number of rotatable bonds is 4. The standard InChI is InChI=1S/C11H15NO3/c1-4-8-10(11(14)15-5-2)7(3)9(6-13)12-8/h6,12H,4-5H2,1-3H3. The van der Waals surface area contributed by atoms with E-state index >= 15 is 0 Å². The molecular formula is C11H15NO3. The van der Waals surface area contributed by atoms with Gasteiger partial charge in [0.25, 0.3) is 0 Å². The SMILES string of the molecule is CCOC(=O)c1c(CC)[nH]c(C=O)c1C. The molecule has 82 valence electrons. The minimum atomic E-state index is -0.365. The van der Waals surface area contributed by atoms with Crippen LogP contribution in [0.15, 0.2) is 0 Å². The summed E-state index contributed by atoms with van der Waals surface area (Å²) >= 11 is 0. The smallest absolute Gasteiger partial charge is 0.340 e. The third-order valence-electron chi connectivity index (χ3n) is 2.32. The van der Waals surface area contributed by atoms with Gasteiger partial charge in [0, 0.05) is 5.69 Å². The molecule has 0 atom stereocenters. The lowest BCUT2D eigenvalue weighted by molar-refractivity contribution is 0.0524. The number of carbonyl (C=O) groups excluding carboxylic acids is 2. The Balaban J connectivity index is 3.19. The van der Waals surface area contributed by atoms with E-state index in [4.69, 9.17) is 4.74 Å². The van der Waals surface area contributed by atoms with E-state index in [0.29, 0.717) is 29.8 Å². The lowest BCUT2D eigenvalue weighted by atomic mass is 10.1. The first-order valence-electron chi connectivity index (χ1n) is 4.99. The number of ether oxygens (including phenoxy) is 1. The minimum Gasteiger partial charge on any atom is -0.462 e. The predicted octanol–water partition coefficient (Wildman–Crippen LogP) is 1.87. The molecule has 0 saturated carbocycles. The van der Waals surface area contributed by atoms with E-state index in [1.165, 1.54) is 0 Å². The zero-order chi connectivity index (χ0) is 11.4. The number of aromatic nitrogens is 1. The fraction of sp³-hybridized carbons (Fsp3) is 0.455. The lowest BCUT2D eigenvalue weighted by Gasteiger charge is -2.02. The first-order chi connectivity index (χ1) is 7.15. The van der Waals surface area contributed by atoms with Crippen LogP contribution in [0.3, 0.4) is 0 Å². The molecule has 4 heteroatoms. The van der Waals surface area contributed by atoms with E-state index in [2.05, 4.69) is 4.98 Å². The molecule has 0 radical (unpaired) electrons. The summed E-state index contributed by atoms with van der Waals surface area (Å²) in [6, 6.07) is 0. The van der Waals surface area contributed by atoms with Gasteiger partial charge in [-0.1, -0.05) is 6.92 Å². The normalized spacial score (nSPS) is 10.1. The Hall–Kier alpha value is -1.58. The van der Waals surface area contributed by atoms with Crippen molar-refractivity contribution in [3.05, 3.63) is 22.5 Å². The van der Waals surface area contributed by atoms with Crippen LogP contribution in [0, 0.1) is 6.92 Å². The lowest BCUT2D eigenvalue weighted by Crippen LogP contribution is -2.07. The Morgan fingerprint density at radius 3 is 2.60 bits per heavy atom. The maximum Gasteiger partial charge on any atom is 0.340 e. The average molecular weight is 209 g/mol. The van der Waals surface area contributed by atoms with Gasteiger partial charge in [0.2, 0.25) is 0 Å². The molecule has 0 unspecified atom stereocenters. The summed E-state index contributed by atoms with van der Waals surface area (Å²) in [6.45, 7) is 5.75. The third kappa shape index (κ3) is 2.09. The molecule has 0 amide bonds. The molecule has 1 rings (SSSR count). The second kappa shape index (κ2) is 4.77. The highest BCUT2D eigenvalue weighted by atomic mass is 16.5. The van der Waals surface area contributed by atoms with E-state index < -0.39 is 0 Å². The van der Waals surface area contributed by atoms with Gasteiger partial charge >= 0.3 is 5.97 Å². The molecule has 15 heavy (non-hydrogen) atoms. The summed E-state index contributed by atoms with van der Waals surface area (Å²) in [5.41, 5.74) is 2.38. The monoisotopic (exact) mass is 209 g/mol. The van der Waals surface area contributed by atoms with Crippen LogP contribution in [-0.2, 0) is 11.2 Å². The average Bonchev–Trinajstić information content (AvgIpc) is 2.55. The maximum atomic E-state index is 11.6. The van der Waals surface area contributed by atoms with Crippen molar-refractivity contribution in [1.29, 1.82) is 0 Å². The number of aryl methyl sites for hydroxylation is 1. The highest BCUT2D eigenvalue weighted by molar-refractivity contribution is 5.95. The summed E-state index contributed by atoms with van der Waals surface area (Å²) in [4.78, 5) is 25.2. The Morgan fingerprint density at radius 2 is 2.13 bits per heavy atom. The quantitative estimate of drug-likeness (QED) is 0.608. The number of aromatic amines is 1. The van der Waals surface area contributed by atoms with Crippen molar-refractivity contribution in [2.75, 3.05) is 6.61 Å². The van der Waals surface area contributed by atoms with E-state index in [0.717, 1.165) is 12.0 Å². The molecular weight excluding hydrogens is 194 g/mol. The van der Waals surface area contributed by atoms with Gasteiger partial charge in [0.15, 0.2) is 6.29 Å². The van der Waals surface area contributed by atoms with Gasteiger partial charge in [0.1, 0.15) is 0 Å². The first-order valence-corrected chi connectivity index (χ1v) is 4.99. The van der Waals surface area contributed by atoms with E-state index in [1.807, 2.05) is 6.92 Å². The molecule has 0 fully saturated rings. The molecule has 4 nitrogen and oxygen atoms in total. The Morgan fingerprint density at radius 1 is 1.47 bits per heavy atom. The zero-order valence-electron chi connectivity index (χ0n) is 9.22. The molecule has 0 bridgehead atoms. The van der Waals surface area contributed by atoms with Crippen molar-refractivity contribution in [3.63, 3.8) is 0 Å². The van der Waals surface area contributed by atoms with Crippen LogP contribution in [0.5, 0.6) is 0 Å². The maximum absolute atomic E-state index is 11.6. The summed E-state index contributed by atoms with van der Waals surface area (Å²) in [5, 5.41) is 0. The number of hydrogen-bond donors (Lipinski definition) is 1. The molecule has 0 aliphatic carbocycles. The molecule has 0 saturated heterocycles. The molecule has 0 aliphatic rings. The molecule has 0 aliphatic heterocycles. The van der Waals surface area contributed by atoms with E-state index in [1.54, 1.807) is 13.8 Å². The van der Waals surface area contributed by atoms with Gasteiger partial charge < -0.3 is 9.72 Å². The highest BCUT2D eigenvalue weighted by Gasteiger charge is 2.19. The van der Waals surface area contributed by atoms with Crippen molar-refractivity contribution >= 4 is 12.3 Å². The van der Waals surface area contributed by atoms with E-state index in [-0.39, 0.29) is 5.97 Å². The second-order valence-electron chi connectivity index (χ2n) is 3.21. The molecule has 1 N–H and O–H groups in total. The summed E-state index contributed by atoms with van der Waals surface area (Å²) < 4.78 is 4.93. The van der Waals surface area contributed by atoms with Gasteiger partial charge in [0.05, 0.1) is 17.9 Å². The van der Waals surface area contributed by atoms with Gasteiger partial charge in [-0.3, -0.25) is 4.79 Å². The fourth-order valence-corrected chi connectivity index (χ4v) is 1.54. The van der Waals surface area contributed by atoms with Crippen molar-refractivity contribution in [1.82, 2.24) is 4.98 Å². The van der Waals surface area contributed by atoms with Crippen molar-refractivity contribution < 1.29 is 14.3 Å². The fourth-order valence-electron chi connectivity index (χ4n) is 1.54. The largest absolute Gasteiger partial charge is 0.462 e. The predicted molar refractivity (Wildman–Crippen MR) is 56.3 cm³/mol. The first kappa shape index (κ1) is 11.5. The summed E-state index contributed by atoms with van der Waals surface area (Å²) in [5.74, 6) is -0.365. The third-order valence-corrected chi connectivity index (χ3v) is 2.32. The number of esters is 1. The molecule has 0 spiro atoms. The number of aldehydes is 1. The van der Waals surface area contributed by atoms with Crippen LogP contribution in [0.2, 0.25) is 0 Å². The van der Waals surface area contributed by atoms with Crippen molar-refractivity contribution in [2.24, 2.45) is 0 Å². The van der Waals surface area contributed by atoms with Crippen molar-refractivity contribution in [2.45, 2.75) is 27.2 Å². The Labute approximate surface area is 88.6 Å².